The molecule has 0 bridgehead atoms. The van der Waals surface area contributed by atoms with Crippen molar-refractivity contribution >= 4 is 5.97 Å². The highest BCUT2D eigenvalue weighted by Crippen LogP contribution is 2.12. The summed E-state index contributed by atoms with van der Waals surface area (Å²) in [6.45, 7) is 4.59. The number of hydrogen-bond donors (Lipinski definition) is 2. The summed E-state index contributed by atoms with van der Waals surface area (Å²) in [5.41, 5.74) is -0.224. The van der Waals surface area contributed by atoms with Gasteiger partial charge in [0.05, 0.1) is 12.2 Å². The highest BCUT2D eigenvalue weighted by atomic mass is 16.5. The summed E-state index contributed by atoms with van der Waals surface area (Å²) < 4.78 is 10.5. The molecule has 0 aromatic rings. The molecular weight excluding hydrogens is 198 g/mol. The van der Waals surface area contributed by atoms with Gasteiger partial charge in [-0.2, -0.15) is 0 Å². The monoisotopic (exact) mass is 219 g/mol. The number of methoxy groups -OCH3 is 1. The van der Waals surface area contributed by atoms with Crippen molar-refractivity contribution in [1.82, 2.24) is 5.32 Å². The van der Waals surface area contributed by atoms with E-state index in [-0.39, 0.29) is 12.2 Å². The van der Waals surface area contributed by atoms with Gasteiger partial charge in [0.1, 0.15) is 6.04 Å². The Morgan fingerprint density at radius 3 is 2.53 bits per heavy atom. The van der Waals surface area contributed by atoms with Crippen molar-refractivity contribution in [3.05, 3.63) is 0 Å². The van der Waals surface area contributed by atoms with Crippen LogP contribution in [-0.2, 0) is 14.3 Å². The van der Waals surface area contributed by atoms with Crippen molar-refractivity contribution in [3.8, 4) is 0 Å². The molecule has 0 aliphatic rings. The van der Waals surface area contributed by atoms with Gasteiger partial charge in [-0.15, -0.1) is 0 Å². The Kier molecular flexibility index (Phi) is 6.47. The van der Waals surface area contributed by atoms with Crippen LogP contribution < -0.4 is 5.32 Å². The molecule has 0 heterocycles. The number of hydrogen-bond acceptors (Lipinski definition) is 4. The summed E-state index contributed by atoms with van der Waals surface area (Å²) in [4.78, 5) is 10.6. The first-order valence-corrected chi connectivity index (χ1v) is 4.96. The highest BCUT2D eigenvalue weighted by Gasteiger charge is 2.18. The second-order valence-electron chi connectivity index (χ2n) is 3.97. The highest BCUT2D eigenvalue weighted by molar-refractivity contribution is 5.73. The van der Waals surface area contributed by atoms with Gasteiger partial charge in [-0.05, 0) is 27.3 Å². The molecule has 0 saturated heterocycles. The lowest BCUT2D eigenvalue weighted by Crippen LogP contribution is -2.38. The summed E-state index contributed by atoms with van der Waals surface area (Å²) in [5, 5.41) is 11.4. The van der Waals surface area contributed by atoms with Crippen molar-refractivity contribution in [2.75, 3.05) is 27.4 Å². The average molecular weight is 219 g/mol. The maximum Gasteiger partial charge on any atom is 0.323 e. The van der Waals surface area contributed by atoms with Crippen molar-refractivity contribution in [2.24, 2.45) is 0 Å². The van der Waals surface area contributed by atoms with Crippen LogP contribution in [0, 0.1) is 0 Å². The van der Waals surface area contributed by atoms with Crippen molar-refractivity contribution < 1.29 is 19.4 Å². The Morgan fingerprint density at radius 1 is 1.53 bits per heavy atom. The van der Waals surface area contributed by atoms with Gasteiger partial charge in [-0.3, -0.25) is 4.79 Å². The quantitative estimate of drug-likeness (QED) is 0.582. The Labute approximate surface area is 90.8 Å². The lowest BCUT2D eigenvalue weighted by Gasteiger charge is -2.22. The molecular formula is C10H21NO4. The minimum absolute atomic E-state index is 0.172. The molecule has 0 spiro atoms. The first-order chi connectivity index (χ1) is 6.93. The second-order valence-corrected chi connectivity index (χ2v) is 3.97. The molecule has 0 aromatic heterocycles. The van der Waals surface area contributed by atoms with Crippen LogP contribution in [0.4, 0.5) is 0 Å². The third-order valence-corrected chi connectivity index (χ3v) is 2.33. The lowest BCUT2D eigenvalue weighted by molar-refractivity contribution is -0.141. The maximum atomic E-state index is 10.6. The second kappa shape index (κ2) is 6.76. The zero-order valence-electron chi connectivity index (χ0n) is 9.87. The summed E-state index contributed by atoms with van der Waals surface area (Å²) in [7, 11) is 3.24. The standard InChI is InChI=1S/C10H21NO4/c1-10(2,14-4)5-6-15-7-8(11-3)9(12)13/h8,11H,5-7H2,1-4H3,(H,12,13). The summed E-state index contributed by atoms with van der Waals surface area (Å²) in [5.74, 6) is -0.900. The molecule has 1 unspecified atom stereocenters. The molecule has 0 saturated carbocycles. The van der Waals surface area contributed by atoms with Crippen LogP contribution in [0.25, 0.3) is 0 Å². The average Bonchev–Trinajstić information content (AvgIpc) is 2.17. The van der Waals surface area contributed by atoms with Crippen LogP contribution in [-0.4, -0.2) is 50.1 Å². The number of likely N-dealkylation sites (N-methyl/N-ethyl adjacent to an activating group) is 1. The number of carbonyl (C=O) groups is 1. The largest absolute Gasteiger partial charge is 0.480 e. The Hall–Kier alpha value is -0.650. The third kappa shape index (κ3) is 6.43. The molecule has 0 amide bonds. The van der Waals surface area contributed by atoms with Gasteiger partial charge in [0.25, 0.3) is 0 Å². The van der Waals surface area contributed by atoms with Crippen LogP contribution >= 0.6 is 0 Å². The van der Waals surface area contributed by atoms with E-state index in [0.29, 0.717) is 6.61 Å². The fourth-order valence-corrected chi connectivity index (χ4v) is 0.899. The zero-order valence-corrected chi connectivity index (χ0v) is 9.87. The molecule has 0 fully saturated rings. The van der Waals surface area contributed by atoms with Gasteiger partial charge in [0.2, 0.25) is 0 Å². The van der Waals surface area contributed by atoms with Crippen LogP contribution in [0.2, 0.25) is 0 Å². The normalized spacial score (nSPS) is 13.9. The topological polar surface area (TPSA) is 67.8 Å². The molecule has 90 valence electrons. The van der Waals surface area contributed by atoms with Gasteiger partial charge >= 0.3 is 5.97 Å². The van der Waals surface area contributed by atoms with E-state index in [1.807, 2.05) is 13.8 Å². The van der Waals surface area contributed by atoms with Gasteiger partial charge in [-0.25, -0.2) is 0 Å². The van der Waals surface area contributed by atoms with E-state index in [9.17, 15) is 4.79 Å². The molecule has 5 nitrogen and oxygen atoms in total. The maximum absolute atomic E-state index is 10.6. The van der Waals surface area contributed by atoms with Crippen molar-refractivity contribution in [3.63, 3.8) is 0 Å². The minimum Gasteiger partial charge on any atom is -0.480 e. The Morgan fingerprint density at radius 2 is 2.13 bits per heavy atom. The molecule has 5 heteroatoms. The van der Waals surface area contributed by atoms with E-state index in [0.717, 1.165) is 6.42 Å². The predicted molar refractivity (Wildman–Crippen MR) is 57.0 cm³/mol. The van der Waals surface area contributed by atoms with Crippen molar-refractivity contribution in [1.29, 1.82) is 0 Å². The lowest BCUT2D eigenvalue weighted by atomic mass is 10.1. The number of ether oxygens (including phenoxy) is 2. The molecule has 1 atom stereocenters. The first kappa shape index (κ1) is 14.3. The minimum atomic E-state index is -0.900. The molecule has 0 aliphatic carbocycles. The fourth-order valence-electron chi connectivity index (χ4n) is 0.899. The number of carboxylic acids is 1. The molecule has 0 rings (SSSR count). The van der Waals surface area contributed by atoms with Gasteiger partial charge < -0.3 is 19.9 Å². The predicted octanol–water partition coefficient (Wildman–Crippen LogP) is 0.491. The van der Waals surface area contributed by atoms with E-state index in [1.165, 1.54) is 0 Å². The van der Waals surface area contributed by atoms with Gasteiger partial charge in [0, 0.05) is 13.7 Å². The number of rotatable bonds is 8. The van der Waals surface area contributed by atoms with Crippen LogP contribution in [0.1, 0.15) is 20.3 Å². The number of aliphatic carboxylic acids is 1. The molecule has 15 heavy (non-hydrogen) atoms. The van der Waals surface area contributed by atoms with Gasteiger partial charge in [-0.1, -0.05) is 0 Å². The Bertz CT molecular complexity index is 194. The Balaban J connectivity index is 3.66. The number of carboxylic acid groups (broad SMARTS) is 1. The molecule has 0 radical (unpaired) electrons. The summed E-state index contributed by atoms with van der Waals surface area (Å²) in [6, 6.07) is -0.643. The SMILES string of the molecule is CNC(COCCC(C)(C)OC)C(=O)O. The van der Waals surface area contributed by atoms with E-state index >= 15 is 0 Å². The smallest absolute Gasteiger partial charge is 0.323 e. The third-order valence-electron chi connectivity index (χ3n) is 2.33. The summed E-state index contributed by atoms with van der Waals surface area (Å²) in [6.07, 6.45) is 0.736. The van der Waals surface area contributed by atoms with E-state index in [2.05, 4.69) is 5.32 Å². The van der Waals surface area contributed by atoms with Crippen LogP contribution in [0.3, 0.4) is 0 Å². The zero-order chi connectivity index (χ0) is 11.9. The van der Waals surface area contributed by atoms with Crippen LogP contribution in [0.5, 0.6) is 0 Å². The van der Waals surface area contributed by atoms with E-state index in [4.69, 9.17) is 14.6 Å². The molecule has 0 aliphatic heterocycles. The van der Waals surface area contributed by atoms with Crippen molar-refractivity contribution in [2.45, 2.75) is 31.9 Å². The molecule has 0 aromatic carbocycles. The van der Waals surface area contributed by atoms with Crippen LogP contribution in [0.15, 0.2) is 0 Å². The number of nitrogens with one attached hydrogen (secondary N) is 1. The fraction of sp³-hybridized carbons (Fsp3) is 0.900. The van der Waals surface area contributed by atoms with E-state index in [1.54, 1.807) is 14.2 Å². The van der Waals surface area contributed by atoms with E-state index < -0.39 is 12.0 Å². The first-order valence-electron chi connectivity index (χ1n) is 4.96. The van der Waals surface area contributed by atoms with Gasteiger partial charge in [0.15, 0.2) is 0 Å². The molecule has 2 N–H and O–H groups in total. The summed E-state index contributed by atoms with van der Waals surface area (Å²) >= 11 is 0.